The Kier molecular flexibility index (Phi) is 3.11. The molecule has 0 aliphatic heterocycles. The Balaban J connectivity index is 2.11. The minimum atomic E-state index is -0.186. The topological polar surface area (TPSA) is 87.7 Å². The molecule has 0 bridgehead atoms. The smallest absolute Gasteiger partial charge is 0.227 e. The van der Waals surface area contributed by atoms with E-state index in [2.05, 4.69) is 17.4 Å². The number of hydrogen-bond acceptors (Lipinski definition) is 3. The maximum Gasteiger partial charge on any atom is 0.227 e. The van der Waals surface area contributed by atoms with Gasteiger partial charge in [-0.05, 0) is 18.3 Å². The Bertz CT molecular complexity index is 227. The third kappa shape index (κ3) is 3.31. The van der Waals surface area contributed by atoms with E-state index < -0.39 is 0 Å². The van der Waals surface area contributed by atoms with Gasteiger partial charge in [0, 0.05) is 6.54 Å². The van der Waals surface area contributed by atoms with E-state index >= 15 is 0 Å². The van der Waals surface area contributed by atoms with Crippen LogP contribution >= 0.6 is 0 Å². The van der Waals surface area contributed by atoms with Gasteiger partial charge in [0.25, 0.3) is 0 Å². The van der Waals surface area contributed by atoms with E-state index in [-0.39, 0.29) is 18.2 Å². The minimum absolute atomic E-state index is 0.0302. The number of rotatable bonds is 4. The number of oxime groups is 1. The zero-order valence-electron chi connectivity index (χ0n) is 7.66. The molecule has 0 aromatic carbocycles. The first-order chi connectivity index (χ1) is 6.13. The first kappa shape index (κ1) is 9.83. The van der Waals surface area contributed by atoms with Crippen LogP contribution in [0, 0.1) is 11.8 Å². The van der Waals surface area contributed by atoms with Crippen LogP contribution in [0.4, 0.5) is 0 Å². The van der Waals surface area contributed by atoms with Crippen LogP contribution in [0.2, 0.25) is 0 Å². The van der Waals surface area contributed by atoms with E-state index in [0.717, 1.165) is 5.92 Å². The molecule has 5 heteroatoms. The second kappa shape index (κ2) is 4.11. The van der Waals surface area contributed by atoms with Crippen LogP contribution in [-0.2, 0) is 4.79 Å². The molecule has 0 heterocycles. The standard InChI is InChI=1S/C8H15N3O2/c1-5-2-6(5)4-10-8(12)3-7(9)11-13/h5-6,13H,2-4H2,1H3,(H2,9,11)(H,10,12). The highest BCUT2D eigenvalue weighted by molar-refractivity contribution is 5.98. The number of nitrogens with zero attached hydrogens (tertiary/aromatic N) is 1. The number of amidine groups is 1. The summed E-state index contributed by atoms with van der Waals surface area (Å²) in [5.41, 5.74) is 5.16. The van der Waals surface area contributed by atoms with E-state index in [1.807, 2.05) is 0 Å². The van der Waals surface area contributed by atoms with Crippen molar-refractivity contribution in [2.75, 3.05) is 6.54 Å². The van der Waals surface area contributed by atoms with Crippen molar-refractivity contribution in [3.05, 3.63) is 0 Å². The van der Waals surface area contributed by atoms with Gasteiger partial charge in [-0.1, -0.05) is 12.1 Å². The molecule has 0 aromatic rings. The lowest BCUT2D eigenvalue weighted by Crippen LogP contribution is -2.30. The molecule has 0 spiro atoms. The summed E-state index contributed by atoms with van der Waals surface area (Å²) in [5.74, 6) is 1.11. The monoisotopic (exact) mass is 185 g/mol. The Morgan fingerprint density at radius 2 is 2.38 bits per heavy atom. The molecule has 2 unspecified atom stereocenters. The summed E-state index contributed by atoms with van der Waals surface area (Å²) < 4.78 is 0. The van der Waals surface area contributed by atoms with Gasteiger partial charge in [0.15, 0.2) is 0 Å². The predicted octanol–water partition coefficient (Wildman–Crippen LogP) is -0.105. The number of amides is 1. The van der Waals surface area contributed by atoms with Crippen LogP contribution in [0.1, 0.15) is 19.8 Å². The summed E-state index contributed by atoms with van der Waals surface area (Å²) in [6.45, 7) is 2.86. The van der Waals surface area contributed by atoms with E-state index in [0.29, 0.717) is 12.5 Å². The third-order valence-corrected chi connectivity index (χ3v) is 2.31. The van der Waals surface area contributed by atoms with Crippen LogP contribution < -0.4 is 11.1 Å². The molecule has 2 atom stereocenters. The predicted molar refractivity (Wildman–Crippen MR) is 48.3 cm³/mol. The molecule has 5 nitrogen and oxygen atoms in total. The lowest BCUT2D eigenvalue weighted by Gasteiger charge is -2.02. The van der Waals surface area contributed by atoms with Crippen LogP contribution in [-0.4, -0.2) is 23.5 Å². The molecule has 1 aliphatic carbocycles. The first-order valence-corrected chi connectivity index (χ1v) is 4.36. The molecule has 0 aromatic heterocycles. The molecule has 4 N–H and O–H groups in total. The van der Waals surface area contributed by atoms with Crippen molar-refractivity contribution in [3.63, 3.8) is 0 Å². The maximum atomic E-state index is 11.1. The molecule has 1 rings (SSSR count). The van der Waals surface area contributed by atoms with Gasteiger partial charge in [0.05, 0.1) is 6.42 Å². The lowest BCUT2D eigenvalue weighted by atomic mass is 10.3. The van der Waals surface area contributed by atoms with Gasteiger partial charge in [-0.2, -0.15) is 0 Å². The zero-order chi connectivity index (χ0) is 9.84. The SMILES string of the molecule is CC1CC1CNC(=O)CC(N)=NO. The highest BCUT2D eigenvalue weighted by atomic mass is 16.4. The summed E-state index contributed by atoms with van der Waals surface area (Å²) in [5, 5.41) is 13.6. The van der Waals surface area contributed by atoms with Gasteiger partial charge in [-0.3, -0.25) is 4.79 Å². The Morgan fingerprint density at radius 3 is 2.85 bits per heavy atom. The van der Waals surface area contributed by atoms with Crippen LogP contribution in [0.5, 0.6) is 0 Å². The molecular weight excluding hydrogens is 170 g/mol. The van der Waals surface area contributed by atoms with Gasteiger partial charge >= 0.3 is 0 Å². The fourth-order valence-corrected chi connectivity index (χ4v) is 1.19. The largest absolute Gasteiger partial charge is 0.409 e. The molecule has 74 valence electrons. The van der Waals surface area contributed by atoms with Gasteiger partial charge in [-0.15, -0.1) is 0 Å². The molecular formula is C8H15N3O2. The number of nitrogens with one attached hydrogen (secondary N) is 1. The molecule has 1 saturated carbocycles. The number of carbonyl (C=O) groups is 1. The van der Waals surface area contributed by atoms with Gasteiger partial charge < -0.3 is 16.3 Å². The fraction of sp³-hybridized carbons (Fsp3) is 0.750. The highest BCUT2D eigenvalue weighted by Gasteiger charge is 2.32. The second-order valence-corrected chi connectivity index (χ2v) is 3.55. The van der Waals surface area contributed by atoms with E-state index in [4.69, 9.17) is 10.9 Å². The number of nitrogens with two attached hydrogens (primary N) is 1. The summed E-state index contributed by atoms with van der Waals surface area (Å²) >= 11 is 0. The third-order valence-electron chi connectivity index (χ3n) is 2.31. The summed E-state index contributed by atoms with van der Waals surface area (Å²) in [6, 6.07) is 0. The maximum absolute atomic E-state index is 11.1. The molecule has 1 amide bonds. The quantitative estimate of drug-likeness (QED) is 0.247. The van der Waals surface area contributed by atoms with Gasteiger partial charge in [0.2, 0.25) is 5.91 Å². The van der Waals surface area contributed by atoms with Crippen LogP contribution in [0.15, 0.2) is 5.16 Å². The lowest BCUT2D eigenvalue weighted by molar-refractivity contribution is -0.120. The first-order valence-electron chi connectivity index (χ1n) is 4.36. The normalized spacial score (nSPS) is 27.0. The Morgan fingerprint density at radius 1 is 1.77 bits per heavy atom. The van der Waals surface area contributed by atoms with Crippen molar-refractivity contribution >= 4 is 11.7 Å². The van der Waals surface area contributed by atoms with Crippen molar-refractivity contribution in [1.82, 2.24) is 5.32 Å². The van der Waals surface area contributed by atoms with Crippen molar-refractivity contribution in [3.8, 4) is 0 Å². The molecule has 0 saturated heterocycles. The molecule has 13 heavy (non-hydrogen) atoms. The summed E-state index contributed by atoms with van der Waals surface area (Å²) in [4.78, 5) is 11.1. The summed E-state index contributed by atoms with van der Waals surface area (Å²) in [6.07, 6.45) is 1.15. The van der Waals surface area contributed by atoms with Crippen molar-refractivity contribution in [2.45, 2.75) is 19.8 Å². The summed E-state index contributed by atoms with van der Waals surface area (Å²) in [7, 11) is 0. The average Bonchev–Trinajstić information content (AvgIpc) is 2.78. The van der Waals surface area contributed by atoms with Crippen molar-refractivity contribution in [1.29, 1.82) is 0 Å². The van der Waals surface area contributed by atoms with Crippen LogP contribution in [0.25, 0.3) is 0 Å². The Labute approximate surface area is 77.0 Å². The second-order valence-electron chi connectivity index (χ2n) is 3.55. The molecule has 1 aliphatic rings. The van der Waals surface area contributed by atoms with Gasteiger partial charge in [0.1, 0.15) is 5.84 Å². The van der Waals surface area contributed by atoms with E-state index in [1.54, 1.807) is 0 Å². The van der Waals surface area contributed by atoms with E-state index in [1.165, 1.54) is 6.42 Å². The van der Waals surface area contributed by atoms with Crippen molar-refractivity contribution in [2.24, 2.45) is 22.7 Å². The highest BCUT2D eigenvalue weighted by Crippen LogP contribution is 2.36. The number of hydrogen-bond donors (Lipinski definition) is 3. The molecule has 0 radical (unpaired) electrons. The fourth-order valence-electron chi connectivity index (χ4n) is 1.19. The van der Waals surface area contributed by atoms with Crippen molar-refractivity contribution < 1.29 is 10.0 Å². The Hall–Kier alpha value is -1.26. The average molecular weight is 185 g/mol. The number of carbonyl (C=O) groups excluding carboxylic acids is 1. The molecule has 1 fully saturated rings. The minimum Gasteiger partial charge on any atom is -0.409 e. The zero-order valence-corrected chi connectivity index (χ0v) is 7.66. The van der Waals surface area contributed by atoms with E-state index in [9.17, 15) is 4.79 Å². The van der Waals surface area contributed by atoms with Crippen LogP contribution in [0.3, 0.4) is 0 Å². The van der Waals surface area contributed by atoms with Gasteiger partial charge in [-0.25, -0.2) is 0 Å².